The van der Waals surface area contributed by atoms with Crippen molar-refractivity contribution in [3.63, 3.8) is 0 Å². The quantitative estimate of drug-likeness (QED) is 0.259. The van der Waals surface area contributed by atoms with Gasteiger partial charge in [0.25, 0.3) is 0 Å². The molecule has 0 aliphatic heterocycles. The van der Waals surface area contributed by atoms with Crippen molar-refractivity contribution < 1.29 is 46.9 Å². The molecule has 2 atom stereocenters. The molecule has 0 bridgehead atoms. The Balaban J connectivity index is 1.95. The smallest absolute Gasteiger partial charge is 0.438 e. The van der Waals surface area contributed by atoms with Crippen LogP contribution in [0.3, 0.4) is 0 Å². The minimum absolute atomic E-state index is 0.236. The Morgan fingerprint density at radius 3 is 2.39 bits per heavy atom. The molecule has 2 unspecified atom stereocenters. The molecule has 16 heteroatoms. The second kappa shape index (κ2) is 12.3. The molecular formula is C17H26N5O10P. The lowest BCUT2D eigenvalue weighted by atomic mass is 10.4. The van der Waals surface area contributed by atoms with E-state index >= 15 is 0 Å². The van der Waals surface area contributed by atoms with Crippen molar-refractivity contribution >= 4 is 36.9 Å². The number of aromatic nitrogens is 4. The molecule has 0 radical (unpaired) electrons. The lowest BCUT2D eigenvalue weighted by Crippen LogP contribution is -2.20. The highest BCUT2D eigenvalue weighted by Crippen LogP contribution is 2.48. The highest BCUT2D eigenvalue weighted by molar-refractivity contribution is 7.53. The summed E-state index contributed by atoms with van der Waals surface area (Å²) in [4.78, 5) is 34.7. The average Bonchev–Trinajstić information content (AvgIpc) is 3.16. The van der Waals surface area contributed by atoms with Gasteiger partial charge in [0.2, 0.25) is 13.6 Å². The minimum atomic E-state index is -4.03. The number of rotatable bonds is 12. The van der Waals surface area contributed by atoms with Gasteiger partial charge in [-0.3, -0.25) is 13.6 Å². The van der Waals surface area contributed by atoms with Crippen LogP contribution in [0.15, 0.2) is 12.7 Å². The van der Waals surface area contributed by atoms with Crippen molar-refractivity contribution in [3.05, 3.63) is 12.7 Å². The highest BCUT2D eigenvalue weighted by atomic mass is 31.2. The van der Waals surface area contributed by atoms with Crippen molar-refractivity contribution in [2.75, 3.05) is 32.8 Å². The molecular weight excluding hydrogens is 465 g/mol. The van der Waals surface area contributed by atoms with E-state index in [0.717, 1.165) is 7.11 Å². The summed E-state index contributed by atoms with van der Waals surface area (Å²) in [6.45, 7) is 3.71. The molecule has 0 amide bonds. The fourth-order valence-corrected chi connectivity index (χ4v) is 3.37. The third-order valence-electron chi connectivity index (χ3n) is 3.75. The van der Waals surface area contributed by atoms with Gasteiger partial charge in [0.15, 0.2) is 11.5 Å². The summed E-state index contributed by atoms with van der Waals surface area (Å²) in [6, 6.07) is 0. The Morgan fingerprint density at radius 1 is 1.09 bits per heavy atom. The average molecular weight is 491 g/mol. The van der Waals surface area contributed by atoms with Gasteiger partial charge in [-0.1, -0.05) is 0 Å². The van der Waals surface area contributed by atoms with Crippen LogP contribution in [-0.2, 0) is 43.8 Å². The van der Waals surface area contributed by atoms with Gasteiger partial charge >= 0.3 is 19.9 Å². The Kier molecular flexibility index (Phi) is 9.78. The lowest BCUT2D eigenvalue weighted by Gasteiger charge is -2.21. The molecule has 2 N–H and O–H groups in total. The largest absolute Gasteiger partial charge is 0.510 e. The molecule has 0 aromatic carbocycles. The van der Waals surface area contributed by atoms with E-state index in [4.69, 9.17) is 24.3 Å². The Bertz CT molecular complexity index is 984. The zero-order chi connectivity index (χ0) is 24.4. The summed E-state index contributed by atoms with van der Waals surface area (Å²) in [5.41, 5.74) is 6.71. The molecule has 2 aromatic heterocycles. The third kappa shape index (κ3) is 8.46. The van der Waals surface area contributed by atoms with Gasteiger partial charge in [0.1, 0.15) is 18.2 Å². The predicted molar refractivity (Wildman–Crippen MR) is 111 cm³/mol. The number of anilines is 1. The number of carbonyl (C=O) groups excluding carboxylic acids is 2. The molecule has 33 heavy (non-hydrogen) atoms. The maximum atomic E-state index is 13.0. The van der Waals surface area contributed by atoms with E-state index in [1.54, 1.807) is 25.3 Å². The van der Waals surface area contributed by atoms with Gasteiger partial charge in [0, 0.05) is 0 Å². The first-order chi connectivity index (χ1) is 15.6. The van der Waals surface area contributed by atoms with Gasteiger partial charge < -0.3 is 34.0 Å². The minimum Gasteiger partial charge on any atom is -0.438 e. The van der Waals surface area contributed by atoms with Crippen LogP contribution in [-0.4, -0.2) is 71.1 Å². The monoisotopic (exact) mass is 491 g/mol. The summed E-state index contributed by atoms with van der Waals surface area (Å²) in [6.07, 6.45) is -0.745. The predicted octanol–water partition coefficient (Wildman–Crippen LogP) is 2.26. The maximum Gasteiger partial charge on any atom is 0.510 e. The summed E-state index contributed by atoms with van der Waals surface area (Å²) in [5, 5.41) is 0. The zero-order valence-electron chi connectivity index (χ0n) is 18.5. The van der Waals surface area contributed by atoms with E-state index in [0.29, 0.717) is 11.2 Å². The molecule has 2 heterocycles. The van der Waals surface area contributed by atoms with Gasteiger partial charge in [-0.25, -0.2) is 24.5 Å². The molecule has 2 aromatic rings. The third-order valence-corrected chi connectivity index (χ3v) is 5.21. The molecule has 0 aliphatic rings. The van der Waals surface area contributed by atoms with E-state index in [1.807, 2.05) is 0 Å². The highest BCUT2D eigenvalue weighted by Gasteiger charge is 2.28. The normalized spacial score (nSPS) is 14.0. The fourth-order valence-electron chi connectivity index (χ4n) is 2.29. The molecule has 0 aliphatic carbocycles. The molecule has 184 valence electrons. The van der Waals surface area contributed by atoms with E-state index in [-0.39, 0.29) is 12.4 Å². The van der Waals surface area contributed by atoms with Crippen LogP contribution in [0.2, 0.25) is 0 Å². The molecule has 0 saturated carbocycles. The van der Waals surface area contributed by atoms with Crippen LogP contribution in [0.25, 0.3) is 11.2 Å². The second-order valence-electron chi connectivity index (χ2n) is 6.70. The maximum absolute atomic E-state index is 13.0. The molecule has 0 saturated heterocycles. The first kappa shape index (κ1) is 26.3. The number of carbonyl (C=O) groups is 2. The summed E-state index contributed by atoms with van der Waals surface area (Å²) in [5.74, 6) is 0.236. The first-order valence-electron chi connectivity index (χ1n) is 9.58. The molecule has 0 fully saturated rings. The van der Waals surface area contributed by atoms with Crippen molar-refractivity contribution in [1.29, 1.82) is 0 Å². The summed E-state index contributed by atoms with van der Waals surface area (Å²) >= 11 is 0. The summed E-state index contributed by atoms with van der Waals surface area (Å²) in [7, 11) is -2.94. The molecule has 15 nitrogen and oxygen atoms in total. The Morgan fingerprint density at radius 2 is 1.76 bits per heavy atom. The number of hydrogen-bond acceptors (Lipinski definition) is 14. The van der Waals surface area contributed by atoms with Gasteiger partial charge in [0.05, 0.1) is 32.2 Å². The lowest BCUT2D eigenvalue weighted by molar-refractivity contribution is -0.0315. The number of imidazole rings is 1. The van der Waals surface area contributed by atoms with Crippen molar-refractivity contribution in [3.8, 4) is 0 Å². The van der Waals surface area contributed by atoms with Crippen LogP contribution in [0.5, 0.6) is 0 Å². The van der Waals surface area contributed by atoms with Crippen LogP contribution < -0.4 is 5.73 Å². The zero-order valence-corrected chi connectivity index (χ0v) is 19.4. The van der Waals surface area contributed by atoms with Gasteiger partial charge in [-0.05, 0) is 20.8 Å². The Labute approximate surface area is 188 Å². The number of fused-ring (bicyclic) bond motifs is 1. The first-order valence-corrected chi connectivity index (χ1v) is 11.3. The number of methoxy groups -OCH3 is 1. The van der Waals surface area contributed by atoms with E-state index < -0.39 is 52.0 Å². The van der Waals surface area contributed by atoms with Crippen LogP contribution in [0.1, 0.15) is 20.8 Å². The van der Waals surface area contributed by atoms with E-state index in [1.165, 1.54) is 12.7 Å². The second-order valence-corrected chi connectivity index (χ2v) is 8.70. The van der Waals surface area contributed by atoms with Gasteiger partial charge in [-0.15, -0.1) is 0 Å². The molecule has 0 spiro atoms. The van der Waals surface area contributed by atoms with Crippen molar-refractivity contribution in [1.82, 2.24) is 19.5 Å². The van der Waals surface area contributed by atoms with Crippen LogP contribution >= 0.6 is 7.60 Å². The number of nitrogen functional groups attached to an aromatic ring is 1. The molecule has 2 rings (SSSR count). The number of nitrogens with zero attached hydrogens (tertiary/aromatic N) is 4. The number of ether oxygens (including phenoxy) is 5. The van der Waals surface area contributed by atoms with E-state index in [9.17, 15) is 14.2 Å². The summed E-state index contributed by atoms with van der Waals surface area (Å²) < 4.78 is 48.6. The van der Waals surface area contributed by atoms with Crippen molar-refractivity contribution in [2.45, 2.75) is 39.5 Å². The van der Waals surface area contributed by atoms with Gasteiger partial charge in [-0.2, -0.15) is 0 Å². The van der Waals surface area contributed by atoms with Crippen LogP contribution in [0.4, 0.5) is 15.4 Å². The number of nitrogens with two attached hydrogens (primary N) is 1. The fraction of sp³-hybridized carbons (Fsp3) is 0.588. The number of hydrogen-bond donors (Lipinski definition) is 1. The van der Waals surface area contributed by atoms with E-state index in [2.05, 4.69) is 29.2 Å². The van der Waals surface area contributed by atoms with Crippen molar-refractivity contribution in [2.24, 2.45) is 0 Å². The SMILES string of the molecule is COC(=O)OCOP(=O)(COC(C)Cn1cnc2c(N)ncnc21)OCOC(=O)OC(C)C. The Hall–Kier alpha value is -3.00. The topological polar surface area (TPSA) is 185 Å². The van der Waals surface area contributed by atoms with Crippen LogP contribution in [0, 0.1) is 0 Å². The standard InChI is InChI=1S/C17H26N5O10P/c1-11(2)32-17(24)28-9-31-33(25,30-8-27-16(23)26-4)10-29-12(3)5-22-7-21-13-14(18)19-6-20-15(13)22/h6-7,11-12H,5,8-10H2,1-4H3,(H2,18,19,20).